The minimum Gasteiger partial charge on any atom is -0.465 e. The van der Waals surface area contributed by atoms with Crippen molar-refractivity contribution in [2.24, 2.45) is 0 Å². The van der Waals surface area contributed by atoms with Crippen LogP contribution in [0.2, 0.25) is 0 Å². The second-order valence-corrected chi connectivity index (χ2v) is 3.26. The van der Waals surface area contributed by atoms with Crippen LogP contribution >= 0.6 is 25.3 Å². The highest BCUT2D eigenvalue weighted by atomic mass is 32.1. The van der Waals surface area contributed by atoms with Gasteiger partial charge in [0.15, 0.2) is 0 Å². The number of hydrogen-bond donors (Lipinski definition) is 4. The summed E-state index contributed by atoms with van der Waals surface area (Å²) in [6.07, 6.45) is 1.70. The fourth-order valence-electron chi connectivity index (χ4n) is 0.664. The monoisotopic (exact) mass is 195 g/mol. The van der Waals surface area contributed by atoms with E-state index >= 15 is 0 Å². The molecule has 0 aromatic carbocycles. The number of amides is 1. The lowest BCUT2D eigenvalue weighted by molar-refractivity contribution is 0.193. The third-order valence-corrected chi connectivity index (χ3v) is 1.88. The van der Waals surface area contributed by atoms with Gasteiger partial charge >= 0.3 is 6.09 Å². The number of thiol groups is 2. The molecule has 0 saturated heterocycles. The summed E-state index contributed by atoms with van der Waals surface area (Å²) >= 11 is 8.06. The Morgan fingerprint density at radius 1 is 1.55 bits per heavy atom. The van der Waals surface area contributed by atoms with Crippen LogP contribution in [0.5, 0.6) is 0 Å². The molecule has 66 valence electrons. The molecule has 0 spiro atoms. The molecule has 3 nitrogen and oxygen atoms in total. The standard InChI is InChI=1S/C6H13NO2S2/c8-6(9)7-5(11)3-1-2-4-10/h5,7,10-11H,1-4H2,(H,8,9). The predicted octanol–water partition coefficient (Wildman–Crippen LogP) is 1.61. The van der Waals surface area contributed by atoms with Gasteiger partial charge in [-0.25, -0.2) is 4.79 Å². The normalized spacial score (nSPS) is 12.5. The van der Waals surface area contributed by atoms with Crippen molar-refractivity contribution in [3.63, 3.8) is 0 Å². The van der Waals surface area contributed by atoms with Crippen LogP contribution in [0, 0.1) is 0 Å². The lowest BCUT2D eigenvalue weighted by atomic mass is 10.2. The Bertz CT molecular complexity index is 121. The zero-order chi connectivity index (χ0) is 8.69. The molecule has 0 aliphatic carbocycles. The summed E-state index contributed by atoms with van der Waals surface area (Å²) < 4.78 is 0. The van der Waals surface area contributed by atoms with Crippen LogP contribution in [-0.2, 0) is 0 Å². The molecule has 2 N–H and O–H groups in total. The quantitative estimate of drug-likeness (QED) is 0.306. The van der Waals surface area contributed by atoms with Crippen LogP contribution in [0.4, 0.5) is 4.79 Å². The minimum absolute atomic E-state index is 0.243. The number of hydrogen-bond acceptors (Lipinski definition) is 3. The molecule has 0 aromatic rings. The summed E-state index contributed by atoms with van der Waals surface area (Å²) in [5.41, 5.74) is 0. The lowest BCUT2D eigenvalue weighted by Crippen LogP contribution is -2.29. The fraction of sp³-hybridized carbons (Fsp3) is 0.833. The van der Waals surface area contributed by atoms with Gasteiger partial charge in [-0.05, 0) is 25.0 Å². The molecule has 0 aromatic heterocycles. The smallest absolute Gasteiger partial charge is 0.405 e. The number of unbranched alkanes of at least 4 members (excludes halogenated alkanes) is 1. The van der Waals surface area contributed by atoms with Crippen LogP contribution in [0.15, 0.2) is 0 Å². The summed E-state index contributed by atoms with van der Waals surface area (Å²) in [6, 6.07) is 0. The van der Waals surface area contributed by atoms with E-state index in [9.17, 15) is 4.79 Å². The highest BCUT2D eigenvalue weighted by Gasteiger charge is 2.04. The van der Waals surface area contributed by atoms with Gasteiger partial charge in [-0.1, -0.05) is 0 Å². The van der Waals surface area contributed by atoms with Crippen LogP contribution in [-0.4, -0.2) is 22.3 Å². The van der Waals surface area contributed by atoms with Crippen molar-refractivity contribution >= 4 is 31.4 Å². The second kappa shape index (κ2) is 6.67. The zero-order valence-corrected chi connectivity index (χ0v) is 7.94. The van der Waals surface area contributed by atoms with Crippen LogP contribution in [0.1, 0.15) is 19.3 Å². The average Bonchev–Trinajstić information content (AvgIpc) is 1.86. The first-order valence-corrected chi connectivity index (χ1v) is 4.60. The summed E-state index contributed by atoms with van der Waals surface area (Å²) in [4.78, 5) is 10.1. The molecule has 1 atom stereocenters. The summed E-state index contributed by atoms with van der Waals surface area (Å²) in [7, 11) is 0. The van der Waals surface area contributed by atoms with E-state index in [4.69, 9.17) is 5.11 Å². The molecule has 0 saturated carbocycles. The van der Waals surface area contributed by atoms with Gasteiger partial charge in [-0.3, -0.25) is 0 Å². The topological polar surface area (TPSA) is 49.3 Å². The molecule has 1 unspecified atom stereocenters. The molecule has 0 heterocycles. The van der Waals surface area contributed by atoms with E-state index in [1.165, 1.54) is 0 Å². The predicted molar refractivity (Wildman–Crippen MR) is 51.6 cm³/mol. The van der Waals surface area contributed by atoms with Gasteiger partial charge in [0.1, 0.15) is 0 Å². The van der Waals surface area contributed by atoms with E-state index in [2.05, 4.69) is 30.6 Å². The fourth-order valence-corrected chi connectivity index (χ4v) is 1.18. The highest BCUT2D eigenvalue weighted by molar-refractivity contribution is 7.81. The van der Waals surface area contributed by atoms with E-state index in [-0.39, 0.29) is 5.37 Å². The van der Waals surface area contributed by atoms with E-state index in [0.717, 1.165) is 25.0 Å². The van der Waals surface area contributed by atoms with Crippen molar-refractivity contribution in [2.45, 2.75) is 24.6 Å². The molecule has 11 heavy (non-hydrogen) atoms. The Morgan fingerprint density at radius 3 is 2.64 bits per heavy atom. The first kappa shape index (κ1) is 11.0. The number of carboxylic acid groups (broad SMARTS) is 1. The molecular weight excluding hydrogens is 182 g/mol. The largest absolute Gasteiger partial charge is 0.465 e. The second-order valence-electron chi connectivity index (χ2n) is 2.18. The molecule has 5 heteroatoms. The highest BCUT2D eigenvalue weighted by Crippen LogP contribution is 2.04. The number of nitrogens with one attached hydrogen (secondary N) is 1. The van der Waals surface area contributed by atoms with E-state index in [1.54, 1.807) is 0 Å². The molecule has 0 rings (SSSR count). The van der Waals surface area contributed by atoms with Gasteiger partial charge in [-0.2, -0.15) is 25.3 Å². The van der Waals surface area contributed by atoms with Crippen molar-refractivity contribution in [1.29, 1.82) is 0 Å². The summed E-state index contributed by atoms with van der Waals surface area (Å²) in [5, 5.41) is 10.3. The van der Waals surface area contributed by atoms with Gasteiger partial charge < -0.3 is 10.4 Å². The molecule has 1 amide bonds. The molecular formula is C6H13NO2S2. The molecule has 0 aliphatic rings. The van der Waals surface area contributed by atoms with Gasteiger partial charge in [0, 0.05) is 0 Å². The Labute approximate surface area is 77.4 Å². The van der Waals surface area contributed by atoms with Gasteiger partial charge in [0.2, 0.25) is 0 Å². The van der Waals surface area contributed by atoms with Crippen LogP contribution in [0.3, 0.4) is 0 Å². The van der Waals surface area contributed by atoms with E-state index in [0.29, 0.717) is 0 Å². The Morgan fingerprint density at radius 2 is 2.18 bits per heavy atom. The summed E-state index contributed by atoms with van der Waals surface area (Å²) in [5.74, 6) is 0.841. The van der Waals surface area contributed by atoms with Crippen molar-refractivity contribution in [1.82, 2.24) is 5.32 Å². The van der Waals surface area contributed by atoms with Gasteiger partial charge in [-0.15, -0.1) is 0 Å². The maximum absolute atomic E-state index is 10.1. The Balaban J connectivity index is 3.22. The Kier molecular flexibility index (Phi) is 6.65. The van der Waals surface area contributed by atoms with Crippen molar-refractivity contribution in [3.8, 4) is 0 Å². The Hall–Kier alpha value is -0.0300. The molecule has 0 radical (unpaired) electrons. The molecule has 0 fully saturated rings. The zero-order valence-electron chi connectivity index (χ0n) is 6.16. The summed E-state index contributed by atoms with van der Waals surface area (Å²) in [6.45, 7) is 0. The molecule has 0 aliphatic heterocycles. The van der Waals surface area contributed by atoms with Gasteiger partial charge in [0.05, 0.1) is 5.37 Å². The SMILES string of the molecule is O=C(O)NC(S)CCCCS. The number of carbonyl (C=O) groups is 1. The minimum atomic E-state index is -1.02. The first-order chi connectivity index (χ1) is 5.16. The third-order valence-electron chi connectivity index (χ3n) is 1.18. The van der Waals surface area contributed by atoms with Crippen molar-refractivity contribution in [2.75, 3.05) is 5.75 Å². The van der Waals surface area contributed by atoms with E-state index in [1.807, 2.05) is 0 Å². The number of rotatable bonds is 5. The first-order valence-electron chi connectivity index (χ1n) is 3.45. The van der Waals surface area contributed by atoms with E-state index < -0.39 is 6.09 Å². The van der Waals surface area contributed by atoms with Crippen molar-refractivity contribution in [3.05, 3.63) is 0 Å². The van der Waals surface area contributed by atoms with Crippen LogP contribution < -0.4 is 5.32 Å². The van der Waals surface area contributed by atoms with Crippen LogP contribution in [0.25, 0.3) is 0 Å². The maximum atomic E-state index is 10.1. The lowest BCUT2D eigenvalue weighted by Gasteiger charge is -2.08. The van der Waals surface area contributed by atoms with Crippen molar-refractivity contribution < 1.29 is 9.90 Å². The average molecular weight is 195 g/mol. The third kappa shape index (κ3) is 7.87. The maximum Gasteiger partial charge on any atom is 0.405 e. The van der Waals surface area contributed by atoms with Gasteiger partial charge in [0.25, 0.3) is 0 Å². The molecule has 0 bridgehead atoms.